The third-order valence-electron chi connectivity index (χ3n) is 1.97. The van der Waals surface area contributed by atoms with E-state index in [0.717, 1.165) is 0 Å². The Kier molecular flexibility index (Phi) is 3.45. The zero-order chi connectivity index (χ0) is 11.3. The Balaban J connectivity index is 3.24. The highest BCUT2D eigenvalue weighted by Gasteiger charge is 2.09. The van der Waals surface area contributed by atoms with Crippen LogP contribution in [0.25, 0.3) is 5.57 Å². The smallest absolute Gasteiger partial charge is 0.126 e. The normalized spacial score (nSPS) is 8.53. The summed E-state index contributed by atoms with van der Waals surface area (Å²) in [5, 5.41) is 15.7. The molecular formula is C12H10N2O. The minimum absolute atomic E-state index is 0.111. The van der Waals surface area contributed by atoms with Crippen molar-refractivity contribution in [1.29, 1.82) is 10.7 Å². The highest BCUT2D eigenvalue weighted by atomic mass is 16.5. The Morgan fingerprint density at radius 2 is 2.13 bits per heavy atom. The van der Waals surface area contributed by atoms with Crippen LogP contribution in [-0.2, 0) is 0 Å². The second-order valence-electron chi connectivity index (χ2n) is 2.79. The van der Waals surface area contributed by atoms with Crippen molar-refractivity contribution in [3.05, 3.63) is 42.0 Å². The van der Waals surface area contributed by atoms with Gasteiger partial charge in [-0.05, 0) is 11.9 Å². The van der Waals surface area contributed by atoms with Crippen molar-refractivity contribution in [2.75, 3.05) is 7.11 Å². The number of ether oxygens (including phenoxy) is 1. The molecule has 0 fully saturated rings. The molecule has 0 atom stereocenters. The third-order valence-corrected chi connectivity index (χ3v) is 1.97. The number of benzene rings is 1. The molecule has 74 valence electrons. The van der Waals surface area contributed by atoms with E-state index in [1.54, 1.807) is 19.2 Å². The summed E-state index contributed by atoms with van der Waals surface area (Å²) < 4.78 is 5.13. The maximum Gasteiger partial charge on any atom is 0.126 e. The molecule has 3 heteroatoms. The summed E-state index contributed by atoms with van der Waals surface area (Å²) in [4.78, 5) is 0. The Labute approximate surface area is 88.4 Å². The predicted octanol–water partition coefficient (Wildman–Crippen LogP) is 2.41. The molecule has 0 aliphatic heterocycles. The van der Waals surface area contributed by atoms with E-state index in [1.165, 1.54) is 0 Å². The van der Waals surface area contributed by atoms with E-state index in [9.17, 15) is 0 Å². The molecule has 1 N–H and O–H groups in total. The summed E-state index contributed by atoms with van der Waals surface area (Å²) in [6, 6.07) is 9.08. The third kappa shape index (κ3) is 2.14. The summed E-state index contributed by atoms with van der Waals surface area (Å²) in [5.74, 6) is 2.68. The summed E-state index contributed by atoms with van der Waals surface area (Å²) in [5.41, 5.74) is 1.26. The van der Waals surface area contributed by atoms with Gasteiger partial charge in [-0.2, -0.15) is 5.26 Å². The van der Waals surface area contributed by atoms with Crippen LogP contribution in [0, 0.1) is 16.7 Å². The van der Waals surface area contributed by atoms with Crippen molar-refractivity contribution in [3.8, 4) is 11.8 Å². The van der Waals surface area contributed by atoms with E-state index >= 15 is 0 Å². The molecule has 3 nitrogen and oxygen atoms in total. The molecule has 0 saturated heterocycles. The molecule has 0 amide bonds. The molecule has 1 aromatic carbocycles. The Hall–Kier alpha value is -2.30. The van der Waals surface area contributed by atoms with Crippen molar-refractivity contribution in [2.24, 2.45) is 0 Å². The van der Waals surface area contributed by atoms with Gasteiger partial charge in [0.15, 0.2) is 0 Å². The van der Waals surface area contributed by atoms with Gasteiger partial charge in [0.25, 0.3) is 0 Å². The number of rotatable bonds is 3. The van der Waals surface area contributed by atoms with Crippen LogP contribution in [0.15, 0.2) is 36.4 Å². The van der Waals surface area contributed by atoms with Gasteiger partial charge in [0.05, 0.1) is 7.11 Å². The number of allylic oxidation sites excluding steroid dienone is 2. The second-order valence-corrected chi connectivity index (χ2v) is 2.79. The quantitative estimate of drug-likeness (QED) is 0.460. The maximum atomic E-state index is 8.75. The van der Waals surface area contributed by atoms with Crippen molar-refractivity contribution >= 4 is 11.4 Å². The Bertz CT molecular complexity index is 477. The Morgan fingerprint density at radius 1 is 1.47 bits per heavy atom. The van der Waals surface area contributed by atoms with Gasteiger partial charge >= 0.3 is 0 Å². The number of para-hydroxylation sites is 1. The van der Waals surface area contributed by atoms with Crippen LogP contribution in [0.2, 0.25) is 0 Å². The van der Waals surface area contributed by atoms with Crippen LogP contribution in [-0.4, -0.2) is 13.0 Å². The van der Waals surface area contributed by atoms with Gasteiger partial charge < -0.3 is 4.74 Å². The number of nitriles is 1. The molecule has 0 aliphatic rings. The van der Waals surface area contributed by atoms with Gasteiger partial charge in [0.1, 0.15) is 17.4 Å². The van der Waals surface area contributed by atoms with Gasteiger partial charge in [-0.3, -0.25) is 5.41 Å². The summed E-state index contributed by atoms with van der Waals surface area (Å²) >= 11 is 0. The molecule has 0 saturated carbocycles. The first-order valence-electron chi connectivity index (χ1n) is 4.27. The minimum Gasteiger partial charge on any atom is -0.496 e. The van der Waals surface area contributed by atoms with Gasteiger partial charge in [0, 0.05) is 11.1 Å². The highest BCUT2D eigenvalue weighted by Crippen LogP contribution is 2.27. The number of hydrogen-bond acceptors (Lipinski definition) is 3. The fraction of sp³-hybridized carbons (Fsp3) is 0.0833. The molecule has 1 aromatic rings. The van der Waals surface area contributed by atoms with Gasteiger partial charge in [-0.25, -0.2) is 0 Å². The van der Waals surface area contributed by atoms with Crippen LogP contribution in [0.5, 0.6) is 5.75 Å². The van der Waals surface area contributed by atoms with E-state index in [4.69, 9.17) is 15.4 Å². The van der Waals surface area contributed by atoms with Crippen molar-refractivity contribution in [2.45, 2.75) is 0 Å². The highest BCUT2D eigenvalue weighted by molar-refractivity contribution is 5.92. The zero-order valence-electron chi connectivity index (χ0n) is 8.37. The Morgan fingerprint density at radius 3 is 2.67 bits per heavy atom. The zero-order valence-corrected chi connectivity index (χ0v) is 8.37. The van der Waals surface area contributed by atoms with E-state index in [0.29, 0.717) is 16.9 Å². The average molecular weight is 198 g/mol. The number of nitrogens with one attached hydrogen (secondary N) is 1. The van der Waals surface area contributed by atoms with Gasteiger partial charge in [0.2, 0.25) is 0 Å². The molecular weight excluding hydrogens is 188 g/mol. The van der Waals surface area contributed by atoms with Crippen LogP contribution in [0.4, 0.5) is 0 Å². The lowest BCUT2D eigenvalue weighted by Gasteiger charge is -2.08. The molecule has 0 spiro atoms. The molecule has 15 heavy (non-hydrogen) atoms. The summed E-state index contributed by atoms with van der Waals surface area (Å²) in [6.07, 6.45) is 0. The number of hydrogen-bond donors (Lipinski definition) is 1. The van der Waals surface area contributed by atoms with E-state index in [-0.39, 0.29) is 5.57 Å². The largest absolute Gasteiger partial charge is 0.496 e. The SMILES string of the molecule is C=C(C(=C=N)C#N)c1ccccc1OC. The minimum atomic E-state index is 0.111. The molecule has 0 radical (unpaired) electrons. The second kappa shape index (κ2) is 4.80. The van der Waals surface area contributed by atoms with E-state index < -0.39 is 0 Å². The lowest BCUT2D eigenvalue weighted by atomic mass is 10.0. The van der Waals surface area contributed by atoms with Gasteiger partial charge in [-0.1, -0.05) is 24.8 Å². The van der Waals surface area contributed by atoms with E-state index in [2.05, 4.69) is 12.4 Å². The first-order valence-corrected chi connectivity index (χ1v) is 4.27. The molecule has 0 unspecified atom stereocenters. The topological polar surface area (TPSA) is 56.9 Å². The van der Waals surface area contributed by atoms with Crippen molar-refractivity contribution < 1.29 is 4.74 Å². The maximum absolute atomic E-state index is 8.75. The molecule has 0 aromatic heterocycles. The number of nitrogens with zero attached hydrogens (tertiary/aromatic N) is 1. The molecule has 0 aliphatic carbocycles. The van der Waals surface area contributed by atoms with Crippen LogP contribution < -0.4 is 4.74 Å². The molecule has 0 bridgehead atoms. The summed E-state index contributed by atoms with van der Waals surface area (Å²) in [6.45, 7) is 3.75. The summed E-state index contributed by atoms with van der Waals surface area (Å²) in [7, 11) is 1.55. The standard InChI is InChI=1S/C12H10N2O/c1-9(10(7-13)8-14)11-5-3-4-6-12(11)15-2/h3-6,13H,1H2,2H3. The van der Waals surface area contributed by atoms with Crippen LogP contribution >= 0.6 is 0 Å². The number of methoxy groups -OCH3 is 1. The first-order chi connectivity index (χ1) is 7.24. The molecule has 1 rings (SSSR count). The lowest BCUT2D eigenvalue weighted by molar-refractivity contribution is 0.413. The van der Waals surface area contributed by atoms with Crippen molar-refractivity contribution in [1.82, 2.24) is 0 Å². The lowest BCUT2D eigenvalue weighted by Crippen LogP contribution is -1.92. The predicted molar refractivity (Wildman–Crippen MR) is 58.9 cm³/mol. The van der Waals surface area contributed by atoms with Crippen LogP contribution in [0.3, 0.4) is 0 Å². The van der Waals surface area contributed by atoms with Crippen LogP contribution in [0.1, 0.15) is 5.56 Å². The first kappa shape index (κ1) is 10.8. The fourth-order valence-electron chi connectivity index (χ4n) is 1.20. The van der Waals surface area contributed by atoms with E-state index in [1.807, 2.05) is 18.2 Å². The average Bonchev–Trinajstić information content (AvgIpc) is 2.30. The van der Waals surface area contributed by atoms with Crippen molar-refractivity contribution in [3.63, 3.8) is 0 Å². The fourth-order valence-corrected chi connectivity index (χ4v) is 1.20. The monoisotopic (exact) mass is 198 g/mol. The van der Waals surface area contributed by atoms with Gasteiger partial charge in [-0.15, -0.1) is 0 Å². The molecule has 0 heterocycles.